The second kappa shape index (κ2) is 12.8. The molecule has 6 atom stereocenters. The Morgan fingerprint density at radius 2 is 1.69 bits per heavy atom. The predicted octanol–water partition coefficient (Wildman–Crippen LogP) is 1.52. The highest BCUT2D eigenvalue weighted by atomic mass is 31.3. The van der Waals surface area contributed by atoms with Crippen LogP contribution < -0.4 is 5.32 Å². The summed E-state index contributed by atoms with van der Waals surface area (Å²) < 4.78 is 57.7. The fraction of sp³-hybridized carbons (Fsp3) is 0.529. The number of aliphatic hydroxyl groups is 1. The minimum absolute atomic E-state index is 0.0189. The fourth-order valence-electron chi connectivity index (χ4n) is 2.85. The third-order valence-electron chi connectivity index (χ3n) is 4.39. The molecular weight excluding hydrogens is 535 g/mol. The van der Waals surface area contributed by atoms with Crippen molar-refractivity contribution >= 4 is 35.7 Å². The Balaban J connectivity index is 1.73. The Morgan fingerprint density at radius 1 is 1.09 bits per heavy atom. The lowest BCUT2D eigenvalue weighted by atomic mass is 10.1. The Morgan fingerprint density at radius 3 is 2.23 bits per heavy atom. The van der Waals surface area contributed by atoms with Gasteiger partial charge in [0, 0.05) is 24.1 Å². The van der Waals surface area contributed by atoms with Crippen LogP contribution in [0.3, 0.4) is 0 Å². The number of carbonyl (C=O) groups is 2. The first kappa shape index (κ1) is 29.9. The summed E-state index contributed by atoms with van der Waals surface area (Å²) in [5, 5.41) is 12.2. The minimum atomic E-state index is -5.62. The molecule has 1 fully saturated rings. The summed E-state index contributed by atoms with van der Waals surface area (Å²) in [6.45, 7) is 0.449. The molecule has 0 radical (unpaired) electrons. The van der Waals surface area contributed by atoms with Gasteiger partial charge in [-0.3, -0.25) is 18.6 Å². The molecule has 5 N–H and O–H groups in total. The minimum Gasteiger partial charge on any atom is -0.390 e. The highest BCUT2D eigenvalue weighted by Crippen LogP contribution is 2.67. The van der Waals surface area contributed by atoms with Gasteiger partial charge in [0.25, 0.3) is 5.91 Å². The van der Waals surface area contributed by atoms with Gasteiger partial charge >= 0.3 is 23.5 Å². The predicted molar refractivity (Wildman–Crippen MR) is 117 cm³/mol. The topological polar surface area (TPSA) is 224 Å². The monoisotopic (exact) mass is 561 g/mol. The maximum absolute atomic E-state index is 12.0. The van der Waals surface area contributed by atoms with E-state index in [1.165, 1.54) is 24.3 Å². The number of hydrogen-bond donors (Lipinski definition) is 5. The lowest BCUT2D eigenvalue weighted by molar-refractivity contribution is -0.0167. The van der Waals surface area contributed by atoms with Crippen LogP contribution in [0.25, 0.3) is 0 Å². The van der Waals surface area contributed by atoms with Crippen molar-refractivity contribution in [2.24, 2.45) is 0 Å². The molecule has 1 aromatic carbocycles. The number of nitrogens with one attached hydrogen (secondary N) is 1. The summed E-state index contributed by atoms with van der Waals surface area (Å²) in [6, 6.07) is 5.75. The fourth-order valence-corrected chi connectivity index (χ4v) is 6.39. The zero-order chi connectivity index (χ0) is 26.3. The second-order valence-corrected chi connectivity index (χ2v) is 12.0. The van der Waals surface area contributed by atoms with E-state index in [1.807, 2.05) is 0 Å². The van der Waals surface area contributed by atoms with E-state index < -0.39 is 54.8 Å². The largest absolute Gasteiger partial charge is 0.490 e. The number of aliphatic hydroxyl groups excluding tert-OH is 1. The average molecular weight is 561 g/mol. The van der Waals surface area contributed by atoms with E-state index in [0.29, 0.717) is 11.8 Å². The zero-order valence-electron chi connectivity index (χ0n) is 18.4. The van der Waals surface area contributed by atoms with E-state index in [4.69, 9.17) is 4.74 Å². The van der Waals surface area contributed by atoms with Crippen molar-refractivity contribution in [1.82, 2.24) is 5.32 Å². The van der Waals surface area contributed by atoms with Gasteiger partial charge in [-0.1, -0.05) is 12.1 Å². The van der Waals surface area contributed by atoms with Crippen molar-refractivity contribution in [1.29, 1.82) is 0 Å². The van der Waals surface area contributed by atoms with Gasteiger partial charge in [-0.15, -0.1) is 0 Å². The number of amides is 1. The molecule has 0 aromatic heterocycles. The van der Waals surface area contributed by atoms with E-state index in [9.17, 15) is 43.1 Å². The Hall–Kier alpha value is -1.31. The molecule has 2 rings (SSSR count). The van der Waals surface area contributed by atoms with Crippen molar-refractivity contribution < 1.29 is 65.5 Å². The van der Waals surface area contributed by atoms with Gasteiger partial charge in [-0.05, 0) is 25.5 Å². The molecule has 0 saturated carbocycles. The molecule has 1 saturated heterocycles. The molecule has 1 heterocycles. The van der Waals surface area contributed by atoms with E-state index >= 15 is 0 Å². The van der Waals surface area contributed by atoms with Gasteiger partial charge < -0.3 is 29.8 Å². The molecule has 35 heavy (non-hydrogen) atoms. The summed E-state index contributed by atoms with van der Waals surface area (Å²) in [4.78, 5) is 51.2. The average Bonchev–Trinajstić information content (AvgIpc) is 3.07. The summed E-state index contributed by atoms with van der Waals surface area (Å²) in [6.07, 6.45) is -1.49. The van der Waals surface area contributed by atoms with Crippen LogP contribution in [0.15, 0.2) is 24.3 Å². The second-order valence-electron chi connectivity index (χ2n) is 7.34. The number of carbonyl (C=O) groups excluding carboxylic acids is 2. The lowest BCUT2D eigenvalue weighted by Gasteiger charge is -2.20. The van der Waals surface area contributed by atoms with Gasteiger partial charge in [0.15, 0.2) is 0 Å². The van der Waals surface area contributed by atoms with Crippen LogP contribution in [0.1, 0.15) is 40.5 Å². The smallest absolute Gasteiger partial charge is 0.390 e. The third kappa shape index (κ3) is 10.7. The molecule has 18 heteroatoms. The number of ether oxygens (including phenoxy) is 1. The standard InChI is InChI=1S/C17H26NO14P3/c1-12-9-15(20)16(30-12)11-29-34(24,25)32-35(26,27)31-33(22,23)28-8-2-7-18-17(21)14-5-3-13(10-19)4-6-14/h3-6,10,12,15-16,20H,2,7-9,11H2,1H3,(H,18,21)(H,22,23)(H,24,25)(H,26,27). The Kier molecular flexibility index (Phi) is 10.9. The zero-order valence-corrected chi connectivity index (χ0v) is 21.1. The first-order valence-corrected chi connectivity index (χ1v) is 14.6. The molecule has 1 aliphatic rings. The maximum atomic E-state index is 12.0. The number of benzene rings is 1. The summed E-state index contributed by atoms with van der Waals surface area (Å²) in [7, 11) is -16.1. The molecule has 1 aromatic rings. The Labute approximate surface area is 200 Å². The SMILES string of the molecule is CC1CC(O)C(COP(=O)(O)OP(=O)(O)OP(=O)(O)OCCCNC(=O)c2ccc(C=O)cc2)O1. The van der Waals surface area contributed by atoms with Crippen molar-refractivity contribution in [3.63, 3.8) is 0 Å². The summed E-state index contributed by atoms with van der Waals surface area (Å²) in [5.41, 5.74) is 0.657. The molecule has 0 bridgehead atoms. The highest BCUT2D eigenvalue weighted by molar-refractivity contribution is 7.66. The van der Waals surface area contributed by atoms with E-state index in [1.54, 1.807) is 6.92 Å². The first-order valence-electron chi connectivity index (χ1n) is 10.1. The molecule has 1 amide bonds. The quantitative estimate of drug-likeness (QED) is 0.123. The van der Waals surface area contributed by atoms with Crippen LogP contribution in [0.2, 0.25) is 0 Å². The van der Waals surface area contributed by atoms with Crippen molar-refractivity contribution in [3.8, 4) is 0 Å². The number of phosphoric acid groups is 3. The molecule has 6 unspecified atom stereocenters. The number of aldehydes is 1. The number of rotatable bonds is 14. The van der Waals surface area contributed by atoms with Crippen LogP contribution in [-0.2, 0) is 36.1 Å². The van der Waals surface area contributed by atoms with E-state index in [-0.39, 0.29) is 31.1 Å². The van der Waals surface area contributed by atoms with E-state index in [2.05, 4.69) is 23.0 Å². The van der Waals surface area contributed by atoms with Crippen LogP contribution in [0.5, 0.6) is 0 Å². The van der Waals surface area contributed by atoms with Gasteiger partial charge in [-0.2, -0.15) is 8.62 Å². The van der Waals surface area contributed by atoms with E-state index in [0.717, 1.165) is 0 Å². The molecule has 15 nitrogen and oxygen atoms in total. The highest BCUT2D eigenvalue weighted by Gasteiger charge is 2.43. The normalized spacial score (nSPS) is 25.2. The number of hydrogen-bond acceptors (Lipinski definition) is 11. The van der Waals surface area contributed by atoms with Crippen LogP contribution in [0.4, 0.5) is 0 Å². The summed E-state index contributed by atoms with van der Waals surface area (Å²) >= 11 is 0. The van der Waals surface area contributed by atoms with Crippen molar-refractivity contribution in [2.45, 2.75) is 38.1 Å². The molecule has 1 aliphatic heterocycles. The van der Waals surface area contributed by atoms with Gasteiger partial charge in [0.2, 0.25) is 0 Å². The molecule has 198 valence electrons. The maximum Gasteiger partial charge on any atom is 0.490 e. The van der Waals surface area contributed by atoms with Crippen LogP contribution >= 0.6 is 23.5 Å². The number of phosphoric ester groups is 2. The van der Waals surface area contributed by atoms with Crippen LogP contribution in [0, 0.1) is 0 Å². The molecule has 0 aliphatic carbocycles. The van der Waals surface area contributed by atoms with Crippen molar-refractivity contribution in [3.05, 3.63) is 35.4 Å². The van der Waals surface area contributed by atoms with Crippen LogP contribution in [-0.4, -0.2) is 70.1 Å². The third-order valence-corrected chi connectivity index (χ3v) is 8.68. The summed E-state index contributed by atoms with van der Waals surface area (Å²) in [5.74, 6) is -0.484. The molecular formula is C17H26NO14P3. The molecule has 0 spiro atoms. The lowest BCUT2D eigenvalue weighted by Crippen LogP contribution is -2.26. The van der Waals surface area contributed by atoms with Crippen molar-refractivity contribution in [2.75, 3.05) is 19.8 Å². The first-order chi connectivity index (χ1) is 16.2. The van der Waals surface area contributed by atoms with Gasteiger partial charge in [0.05, 0.1) is 25.4 Å². The van der Waals surface area contributed by atoms with Gasteiger partial charge in [0.1, 0.15) is 12.4 Å². The Bertz CT molecular complexity index is 1020. The van der Waals surface area contributed by atoms with Gasteiger partial charge in [-0.25, -0.2) is 13.7 Å².